The predicted octanol–water partition coefficient (Wildman–Crippen LogP) is 2.89. The van der Waals surface area contributed by atoms with E-state index >= 15 is 0 Å². The summed E-state index contributed by atoms with van der Waals surface area (Å²) in [4.78, 5) is 8.56. The number of nitrogens with zero attached hydrogens (tertiary/aromatic N) is 3. The van der Waals surface area contributed by atoms with E-state index in [0.717, 1.165) is 17.0 Å². The lowest BCUT2D eigenvalue weighted by Gasteiger charge is -1.97. The zero-order valence-electron chi connectivity index (χ0n) is 10.1. The molecule has 3 aromatic rings. The summed E-state index contributed by atoms with van der Waals surface area (Å²) >= 11 is 0. The van der Waals surface area contributed by atoms with Crippen molar-refractivity contribution >= 4 is 0 Å². The normalized spacial score (nSPS) is 10.7. The van der Waals surface area contributed by atoms with E-state index in [0.29, 0.717) is 12.4 Å². The van der Waals surface area contributed by atoms with Crippen LogP contribution in [0.25, 0.3) is 11.5 Å². The smallest absolute Gasteiger partial charge is 0.226 e. The van der Waals surface area contributed by atoms with E-state index in [4.69, 9.17) is 4.42 Å². The Bertz CT molecular complexity index is 626. The molecule has 0 fully saturated rings. The zero-order chi connectivity index (χ0) is 12.4. The van der Waals surface area contributed by atoms with Crippen LogP contribution in [0.1, 0.15) is 11.5 Å². The third-order valence-electron chi connectivity index (χ3n) is 2.80. The molecule has 18 heavy (non-hydrogen) atoms. The maximum atomic E-state index is 5.70. The number of rotatable bonds is 3. The van der Waals surface area contributed by atoms with Crippen LogP contribution in [0.15, 0.2) is 53.5 Å². The Morgan fingerprint density at radius 1 is 1.22 bits per heavy atom. The predicted molar refractivity (Wildman–Crippen MR) is 68.0 cm³/mol. The van der Waals surface area contributed by atoms with Crippen molar-refractivity contribution in [2.45, 2.75) is 13.5 Å². The van der Waals surface area contributed by atoms with Gasteiger partial charge in [0.15, 0.2) is 0 Å². The van der Waals surface area contributed by atoms with Crippen molar-refractivity contribution in [3.8, 4) is 11.5 Å². The van der Waals surface area contributed by atoms with Gasteiger partial charge in [-0.1, -0.05) is 18.2 Å². The number of aromatic nitrogens is 3. The number of oxazole rings is 1. The van der Waals surface area contributed by atoms with Gasteiger partial charge < -0.3 is 8.98 Å². The number of aryl methyl sites for hydroxylation is 1. The van der Waals surface area contributed by atoms with Gasteiger partial charge in [0.1, 0.15) is 11.5 Å². The summed E-state index contributed by atoms with van der Waals surface area (Å²) in [5.74, 6) is 1.52. The molecular weight excluding hydrogens is 226 g/mol. The first-order chi connectivity index (χ1) is 8.83. The van der Waals surface area contributed by atoms with Gasteiger partial charge in [-0.2, -0.15) is 0 Å². The van der Waals surface area contributed by atoms with E-state index in [2.05, 4.69) is 9.97 Å². The molecule has 3 rings (SSSR count). The van der Waals surface area contributed by atoms with Crippen molar-refractivity contribution in [1.29, 1.82) is 0 Å². The molecule has 2 heterocycles. The van der Waals surface area contributed by atoms with Crippen LogP contribution in [-0.4, -0.2) is 14.5 Å². The maximum Gasteiger partial charge on any atom is 0.226 e. The Kier molecular flexibility index (Phi) is 2.68. The van der Waals surface area contributed by atoms with Gasteiger partial charge >= 0.3 is 0 Å². The largest absolute Gasteiger partial charge is 0.441 e. The highest BCUT2D eigenvalue weighted by atomic mass is 16.4. The second-order valence-electron chi connectivity index (χ2n) is 4.12. The van der Waals surface area contributed by atoms with Gasteiger partial charge in [-0.25, -0.2) is 9.97 Å². The first kappa shape index (κ1) is 10.8. The molecule has 2 aromatic heterocycles. The van der Waals surface area contributed by atoms with E-state index in [1.54, 1.807) is 12.5 Å². The summed E-state index contributed by atoms with van der Waals surface area (Å²) in [7, 11) is 0. The summed E-state index contributed by atoms with van der Waals surface area (Å²) in [5.41, 5.74) is 1.93. The van der Waals surface area contributed by atoms with Gasteiger partial charge in [0, 0.05) is 18.0 Å². The molecule has 0 aliphatic carbocycles. The van der Waals surface area contributed by atoms with Crippen LogP contribution in [0.3, 0.4) is 0 Å². The molecule has 0 aliphatic rings. The lowest BCUT2D eigenvalue weighted by atomic mass is 10.2. The molecule has 0 radical (unpaired) electrons. The fraction of sp³-hybridized carbons (Fsp3) is 0.143. The highest BCUT2D eigenvalue weighted by Crippen LogP contribution is 2.21. The summed E-state index contributed by atoms with van der Waals surface area (Å²) in [6.07, 6.45) is 5.44. The molecule has 4 nitrogen and oxygen atoms in total. The van der Waals surface area contributed by atoms with Crippen molar-refractivity contribution < 1.29 is 4.42 Å². The Morgan fingerprint density at radius 3 is 2.78 bits per heavy atom. The number of imidazole rings is 1. The molecule has 0 atom stereocenters. The third-order valence-corrected chi connectivity index (χ3v) is 2.80. The lowest BCUT2D eigenvalue weighted by Crippen LogP contribution is -1.98. The minimum absolute atomic E-state index is 0.670. The summed E-state index contributed by atoms with van der Waals surface area (Å²) < 4.78 is 7.68. The highest BCUT2D eigenvalue weighted by Gasteiger charge is 2.11. The van der Waals surface area contributed by atoms with Crippen molar-refractivity contribution in [3.05, 3.63) is 60.5 Å². The Hall–Kier alpha value is -2.36. The molecule has 0 spiro atoms. The minimum atomic E-state index is 0.670. The van der Waals surface area contributed by atoms with Crippen molar-refractivity contribution in [3.63, 3.8) is 0 Å². The topological polar surface area (TPSA) is 43.9 Å². The number of hydrogen-bond acceptors (Lipinski definition) is 3. The van der Waals surface area contributed by atoms with E-state index in [1.807, 2.05) is 48.0 Å². The van der Waals surface area contributed by atoms with E-state index in [-0.39, 0.29) is 0 Å². The van der Waals surface area contributed by atoms with Crippen LogP contribution in [0, 0.1) is 6.92 Å². The molecule has 0 amide bonds. The Balaban J connectivity index is 1.91. The SMILES string of the molecule is Cc1oc(-c2ccccc2)nc1Cn1ccnc1. The summed E-state index contributed by atoms with van der Waals surface area (Å²) in [6, 6.07) is 9.92. The van der Waals surface area contributed by atoms with Crippen LogP contribution < -0.4 is 0 Å². The molecule has 0 saturated heterocycles. The van der Waals surface area contributed by atoms with Crippen LogP contribution in [0.5, 0.6) is 0 Å². The summed E-state index contributed by atoms with van der Waals surface area (Å²) in [5, 5.41) is 0. The van der Waals surface area contributed by atoms with E-state index < -0.39 is 0 Å². The van der Waals surface area contributed by atoms with E-state index in [9.17, 15) is 0 Å². The van der Waals surface area contributed by atoms with Crippen molar-refractivity contribution in [2.24, 2.45) is 0 Å². The minimum Gasteiger partial charge on any atom is -0.441 e. The fourth-order valence-corrected chi connectivity index (χ4v) is 1.83. The van der Waals surface area contributed by atoms with Gasteiger partial charge in [-0.3, -0.25) is 0 Å². The molecule has 1 aromatic carbocycles. The molecule has 90 valence electrons. The molecule has 0 aliphatic heterocycles. The van der Waals surface area contributed by atoms with Crippen LogP contribution in [0.4, 0.5) is 0 Å². The van der Waals surface area contributed by atoms with Crippen molar-refractivity contribution in [1.82, 2.24) is 14.5 Å². The second kappa shape index (κ2) is 4.49. The zero-order valence-corrected chi connectivity index (χ0v) is 10.1. The van der Waals surface area contributed by atoms with E-state index in [1.165, 1.54) is 0 Å². The number of hydrogen-bond donors (Lipinski definition) is 0. The monoisotopic (exact) mass is 239 g/mol. The standard InChI is InChI=1S/C14H13N3O/c1-11-13(9-17-8-7-15-10-17)16-14(18-11)12-5-3-2-4-6-12/h2-8,10H,9H2,1H3. The van der Waals surface area contributed by atoms with Crippen LogP contribution >= 0.6 is 0 Å². The molecule has 0 unspecified atom stereocenters. The number of benzene rings is 1. The molecule has 0 N–H and O–H groups in total. The second-order valence-corrected chi connectivity index (χ2v) is 4.12. The van der Waals surface area contributed by atoms with Crippen LogP contribution in [-0.2, 0) is 6.54 Å². The fourth-order valence-electron chi connectivity index (χ4n) is 1.83. The molecule has 0 bridgehead atoms. The van der Waals surface area contributed by atoms with Gasteiger partial charge in [-0.05, 0) is 19.1 Å². The van der Waals surface area contributed by atoms with Gasteiger partial charge in [0.2, 0.25) is 5.89 Å². The van der Waals surface area contributed by atoms with Gasteiger partial charge in [0.25, 0.3) is 0 Å². The lowest BCUT2D eigenvalue weighted by molar-refractivity contribution is 0.538. The first-order valence-corrected chi connectivity index (χ1v) is 5.80. The first-order valence-electron chi connectivity index (χ1n) is 5.80. The quantitative estimate of drug-likeness (QED) is 0.705. The molecule has 4 heteroatoms. The molecule has 0 saturated carbocycles. The average Bonchev–Trinajstić information content (AvgIpc) is 3.02. The molecular formula is C14H13N3O. The third kappa shape index (κ3) is 2.05. The highest BCUT2D eigenvalue weighted by molar-refractivity contribution is 5.53. The van der Waals surface area contributed by atoms with Gasteiger partial charge in [-0.15, -0.1) is 0 Å². The average molecular weight is 239 g/mol. The van der Waals surface area contributed by atoms with Gasteiger partial charge in [0.05, 0.1) is 12.9 Å². The maximum absolute atomic E-state index is 5.70. The Labute approximate surface area is 105 Å². The summed E-state index contributed by atoms with van der Waals surface area (Å²) in [6.45, 7) is 2.62. The van der Waals surface area contributed by atoms with Crippen LogP contribution in [0.2, 0.25) is 0 Å². The Morgan fingerprint density at radius 2 is 2.06 bits per heavy atom. The van der Waals surface area contributed by atoms with Crippen molar-refractivity contribution in [2.75, 3.05) is 0 Å².